The minimum atomic E-state index is -1.23. The number of carbonyl (C=O) groups excluding carboxylic acids is 3. The van der Waals surface area contributed by atoms with Crippen LogP contribution in [0.5, 0.6) is 5.75 Å². The molecule has 0 amide bonds. The maximum absolute atomic E-state index is 12.1. The predicted octanol–water partition coefficient (Wildman–Crippen LogP) is 0.430. The summed E-state index contributed by atoms with van der Waals surface area (Å²) < 4.78 is 27.4. The van der Waals surface area contributed by atoms with Crippen molar-refractivity contribution in [2.75, 3.05) is 25.4 Å². The summed E-state index contributed by atoms with van der Waals surface area (Å²) >= 11 is 1.16. The number of halogens is 3. The second-order valence-corrected chi connectivity index (χ2v) is 8.41. The van der Waals surface area contributed by atoms with Gasteiger partial charge in [-0.2, -0.15) is 0 Å². The molecule has 1 fully saturated rings. The van der Waals surface area contributed by atoms with Gasteiger partial charge in [0, 0.05) is 23.3 Å². The molecule has 1 aliphatic heterocycles. The number of thioether (sulfide) groups is 1. The Bertz CT molecular complexity index is 1140. The summed E-state index contributed by atoms with van der Waals surface area (Å²) in [5.74, 6) is -1.89. The van der Waals surface area contributed by atoms with Crippen molar-refractivity contribution in [3.8, 4) is 5.75 Å². The van der Waals surface area contributed by atoms with Crippen molar-refractivity contribution in [3.05, 3.63) is 40.2 Å². The van der Waals surface area contributed by atoms with E-state index in [-0.39, 0.29) is 43.0 Å². The van der Waals surface area contributed by atoms with E-state index in [0.29, 0.717) is 11.3 Å². The van der Waals surface area contributed by atoms with Crippen LogP contribution in [0.1, 0.15) is 5.56 Å². The van der Waals surface area contributed by atoms with Crippen molar-refractivity contribution in [1.29, 1.82) is 0 Å². The summed E-state index contributed by atoms with van der Waals surface area (Å²) in [7, 11) is 0. The number of ether oxygens (including phenoxy) is 4. The van der Waals surface area contributed by atoms with E-state index in [1.807, 2.05) is 0 Å². The Hall–Kier alpha value is -2.26. The maximum atomic E-state index is 12.1. The largest absolute Gasteiger partial charge is 0.476 e. The first-order valence-corrected chi connectivity index (χ1v) is 11.3. The molecule has 0 unspecified atom stereocenters. The predicted molar refractivity (Wildman–Crippen MR) is 143 cm³/mol. The molecule has 0 spiro atoms. The molecule has 3 rings (SSSR count). The topological polar surface area (TPSA) is 196 Å². The Morgan fingerprint density at radius 1 is 0.919 bits per heavy atom. The number of hydrogen-bond donors (Lipinski definition) is 3. The molecule has 4 atom stereocenters. The van der Waals surface area contributed by atoms with Gasteiger partial charge in [0.1, 0.15) is 11.3 Å². The first-order valence-electron chi connectivity index (χ1n) is 10.3. The molecule has 6 N–H and O–H groups in total. The number of fused-ring (bicyclic) bond motifs is 1. The molecule has 208 valence electrons. The molecule has 1 aromatic carbocycles. The average molecular weight is 605 g/mol. The third-order valence-electron chi connectivity index (χ3n) is 4.88. The second kappa shape index (κ2) is 15.9. The van der Waals surface area contributed by atoms with E-state index in [0.717, 1.165) is 22.7 Å². The fourth-order valence-electron chi connectivity index (χ4n) is 3.34. The molecule has 0 bridgehead atoms. The first kappa shape index (κ1) is 34.7. The van der Waals surface area contributed by atoms with E-state index < -0.39 is 66.9 Å². The highest BCUT2D eigenvalue weighted by atomic mass is 35.5. The van der Waals surface area contributed by atoms with Crippen molar-refractivity contribution in [1.82, 2.24) is 0 Å². The van der Waals surface area contributed by atoms with E-state index in [4.69, 9.17) is 40.6 Å². The SMILES string of the molecule is Cc1cc(=O)oc2cc(O[C@H]3SC[C@@H](OC(=O)CN)[C@H](OC(=O)CN)[C@H]3OC(=O)CN)ccc12.Cl.Cl.Cl. The molecule has 0 aliphatic carbocycles. The van der Waals surface area contributed by atoms with Gasteiger partial charge in [-0.15, -0.1) is 49.0 Å². The maximum Gasteiger partial charge on any atom is 0.336 e. The van der Waals surface area contributed by atoms with Crippen molar-refractivity contribution < 1.29 is 37.7 Å². The van der Waals surface area contributed by atoms with Gasteiger partial charge in [0.05, 0.1) is 19.6 Å². The Kier molecular flexibility index (Phi) is 14.9. The number of esters is 3. The molecule has 1 saturated heterocycles. The third kappa shape index (κ3) is 8.92. The molecule has 0 saturated carbocycles. The molecule has 0 radical (unpaired) electrons. The van der Waals surface area contributed by atoms with Gasteiger partial charge in [0.15, 0.2) is 23.7 Å². The van der Waals surface area contributed by atoms with Gasteiger partial charge in [-0.3, -0.25) is 14.4 Å². The highest BCUT2D eigenvalue weighted by Crippen LogP contribution is 2.35. The lowest BCUT2D eigenvalue weighted by molar-refractivity contribution is -0.187. The number of hydrogen-bond acceptors (Lipinski definition) is 13. The number of rotatable bonds is 8. The van der Waals surface area contributed by atoms with Crippen LogP contribution in [0.3, 0.4) is 0 Å². The van der Waals surface area contributed by atoms with E-state index in [1.165, 1.54) is 12.1 Å². The summed E-state index contributed by atoms with van der Waals surface area (Å²) in [6.07, 6.45) is -3.42. The van der Waals surface area contributed by atoms with E-state index in [1.54, 1.807) is 19.1 Å². The molecule has 2 aromatic rings. The lowest BCUT2D eigenvalue weighted by Gasteiger charge is -2.40. The summed E-state index contributed by atoms with van der Waals surface area (Å²) in [5, 5.41) is 0.720. The second-order valence-electron chi connectivity index (χ2n) is 7.28. The van der Waals surface area contributed by atoms with Gasteiger partial charge < -0.3 is 40.6 Å². The fraction of sp³-hybridized carbons (Fsp3) is 0.429. The van der Waals surface area contributed by atoms with Crippen LogP contribution in [-0.2, 0) is 28.6 Å². The molecular formula is C21H28Cl3N3O9S. The van der Waals surface area contributed by atoms with Gasteiger partial charge >= 0.3 is 23.5 Å². The van der Waals surface area contributed by atoms with Gasteiger partial charge in [0.25, 0.3) is 0 Å². The summed E-state index contributed by atoms with van der Waals surface area (Å²) in [5.41, 5.74) is 15.7. The molecular weight excluding hydrogens is 577 g/mol. The molecule has 2 heterocycles. The molecule has 1 aliphatic rings. The Morgan fingerprint density at radius 2 is 1.49 bits per heavy atom. The fourth-order valence-corrected chi connectivity index (χ4v) is 4.56. The van der Waals surface area contributed by atoms with Crippen LogP contribution in [0.2, 0.25) is 0 Å². The lowest BCUT2D eigenvalue weighted by atomic mass is 10.1. The lowest BCUT2D eigenvalue weighted by Crippen LogP contribution is -2.57. The van der Waals surface area contributed by atoms with Crippen LogP contribution in [0.15, 0.2) is 33.5 Å². The molecule has 12 nitrogen and oxygen atoms in total. The number of aryl methyl sites for hydroxylation is 1. The molecule has 37 heavy (non-hydrogen) atoms. The van der Waals surface area contributed by atoms with Crippen LogP contribution >= 0.6 is 49.0 Å². The average Bonchev–Trinajstić information content (AvgIpc) is 2.81. The van der Waals surface area contributed by atoms with Gasteiger partial charge in [-0.1, -0.05) is 0 Å². The Labute approximate surface area is 234 Å². The Morgan fingerprint density at radius 3 is 2.08 bits per heavy atom. The zero-order valence-corrected chi connectivity index (χ0v) is 22.8. The molecule has 16 heteroatoms. The van der Waals surface area contributed by atoms with Crippen molar-refractivity contribution in [3.63, 3.8) is 0 Å². The van der Waals surface area contributed by atoms with Gasteiger partial charge in [0.2, 0.25) is 0 Å². The highest BCUT2D eigenvalue weighted by molar-refractivity contribution is 7.99. The van der Waals surface area contributed by atoms with Gasteiger partial charge in [-0.05, 0) is 24.6 Å². The van der Waals surface area contributed by atoms with Crippen LogP contribution in [0, 0.1) is 6.92 Å². The smallest absolute Gasteiger partial charge is 0.336 e. The summed E-state index contributed by atoms with van der Waals surface area (Å²) in [4.78, 5) is 47.6. The van der Waals surface area contributed by atoms with E-state index in [9.17, 15) is 19.2 Å². The van der Waals surface area contributed by atoms with Crippen molar-refractivity contribution in [2.24, 2.45) is 17.2 Å². The van der Waals surface area contributed by atoms with Gasteiger partial charge in [-0.25, -0.2) is 4.79 Å². The number of carbonyl (C=O) groups is 3. The minimum absolute atomic E-state index is 0. The normalized spacial score (nSPS) is 20.3. The molecule has 1 aromatic heterocycles. The van der Waals surface area contributed by atoms with Crippen LogP contribution in [0.25, 0.3) is 11.0 Å². The van der Waals surface area contributed by atoms with E-state index >= 15 is 0 Å². The zero-order chi connectivity index (χ0) is 24.8. The standard InChI is InChI=1S/C21H25N3O9S.3ClH/c1-10-4-15(25)30-13-5-11(2-3-12(10)13)29-21-20(33-18(28)8-24)19(32-17(27)7-23)14(9-34-21)31-16(26)6-22;;;/h2-5,14,19-21H,6-9,22-24H2,1H3;3*1H/t14-,19+,20-,21+;;;/m1.../s1. The van der Waals surface area contributed by atoms with E-state index in [2.05, 4.69) is 0 Å². The quantitative estimate of drug-likeness (QED) is 0.213. The van der Waals surface area contributed by atoms with Crippen molar-refractivity contribution in [2.45, 2.75) is 30.7 Å². The summed E-state index contributed by atoms with van der Waals surface area (Å²) in [6, 6.07) is 6.27. The highest BCUT2D eigenvalue weighted by Gasteiger charge is 2.48. The summed E-state index contributed by atoms with van der Waals surface area (Å²) in [6.45, 7) is 0.484. The van der Waals surface area contributed by atoms with Crippen LogP contribution in [0.4, 0.5) is 0 Å². The van der Waals surface area contributed by atoms with Crippen molar-refractivity contribution >= 4 is 77.9 Å². The first-order chi connectivity index (χ1) is 16.2. The Balaban J connectivity index is 0.00000432. The van der Waals surface area contributed by atoms with Crippen LogP contribution < -0.4 is 27.6 Å². The zero-order valence-electron chi connectivity index (χ0n) is 19.5. The number of nitrogens with two attached hydrogens (primary N) is 3. The number of benzene rings is 1. The van der Waals surface area contributed by atoms with Crippen LogP contribution in [-0.4, -0.2) is 67.0 Å². The monoisotopic (exact) mass is 603 g/mol. The third-order valence-corrected chi connectivity index (χ3v) is 6.09. The minimum Gasteiger partial charge on any atom is -0.476 e.